The first-order chi connectivity index (χ1) is 10.1. The lowest BCUT2D eigenvalue weighted by atomic mass is 10.2. The van der Waals surface area contributed by atoms with Gasteiger partial charge in [0.15, 0.2) is 17.4 Å². The molecule has 7 heteroatoms. The van der Waals surface area contributed by atoms with Gasteiger partial charge in [-0.15, -0.1) is 0 Å². The van der Waals surface area contributed by atoms with E-state index in [1.54, 1.807) is 18.2 Å². The van der Waals surface area contributed by atoms with Crippen LogP contribution in [0.3, 0.4) is 0 Å². The molecule has 3 N–H and O–H groups in total. The molecule has 1 heterocycles. The summed E-state index contributed by atoms with van der Waals surface area (Å²) in [6, 6.07) is 13.3. The van der Waals surface area contributed by atoms with Crippen LogP contribution >= 0.6 is 12.2 Å². The number of H-pyrrole nitrogens is 1. The van der Waals surface area contributed by atoms with Gasteiger partial charge in [-0.05, 0) is 42.5 Å². The lowest BCUT2D eigenvalue weighted by molar-refractivity contribution is 0.442. The molecular weight excluding hydrogens is 291 g/mol. The largest absolute Gasteiger partial charge is 0.454 e. The van der Waals surface area contributed by atoms with Crippen LogP contribution in [0.1, 0.15) is 0 Å². The summed E-state index contributed by atoms with van der Waals surface area (Å²) in [6.45, 7) is 0. The van der Waals surface area contributed by atoms with Gasteiger partial charge in [-0.1, -0.05) is 18.2 Å². The number of aromatic amines is 1. The fraction of sp³-hybridized carbons (Fsp3) is 0. The minimum absolute atomic E-state index is 0.0904. The van der Waals surface area contributed by atoms with Gasteiger partial charge in [0.2, 0.25) is 4.77 Å². The molecule has 0 atom stereocenters. The molecule has 21 heavy (non-hydrogen) atoms. The van der Waals surface area contributed by atoms with Gasteiger partial charge in [0, 0.05) is 5.56 Å². The molecule has 0 saturated carbocycles. The van der Waals surface area contributed by atoms with E-state index in [-0.39, 0.29) is 10.5 Å². The fourth-order valence-corrected chi connectivity index (χ4v) is 1.98. The summed E-state index contributed by atoms with van der Waals surface area (Å²) < 4.78 is 20.9. The Hall–Kier alpha value is -2.67. The maximum Gasteiger partial charge on any atom is 0.214 e. The molecule has 106 valence electrons. The summed E-state index contributed by atoms with van der Waals surface area (Å²) in [5.41, 5.74) is 0.595. The first kappa shape index (κ1) is 13.3. The van der Waals surface area contributed by atoms with E-state index in [1.807, 2.05) is 18.2 Å². The monoisotopic (exact) mass is 302 g/mol. The number of nitrogens with zero attached hydrogens (tertiary/aromatic N) is 2. The number of hydrogen-bond acceptors (Lipinski definition) is 4. The number of para-hydroxylation sites is 1. The third-order valence-corrected chi connectivity index (χ3v) is 3.15. The molecule has 0 amide bonds. The van der Waals surface area contributed by atoms with Crippen LogP contribution in [0.25, 0.3) is 11.4 Å². The number of nitrogens with two attached hydrogens (primary N) is 1. The Morgan fingerprint density at radius 3 is 2.62 bits per heavy atom. The Balaban J connectivity index is 2.01. The Morgan fingerprint density at radius 2 is 1.95 bits per heavy atom. The van der Waals surface area contributed by atoms with Gasteiger partial charge in [-0.3, -0.25) is 0 Å². The van der Waals surface area contributed by atoms with Crippen molar-refractivity contribution in [2.24, 2.45) is 0 Å². The molecule has 3 aromatic rings. The summed E-state index contributed by atoms with van der Waals surface area (Å²) in [7, 11) is 0. The van der Waals surface area contributed by atoms with Gasteiger partial charge < -0.3 is 10.6 Å². The van der Waals surface area contributed by atoms with Gasteiger partial charge in [0.25, 0.3) is 0 Å². The average molecular weight is 302 g/mol. The normalized spacial score (nSPS) is 10.5. The number of benzene rings is 2. The molecule has 3 rings (SSSR count). The molecule has 2 aromatic carbocycles. The molecule has 0 radical (unpaired) electrons. The van der Waals surface area contributed by atoms with Crippen LogP contribution < -0.4 is 10.6 Å². The van der Waals surface area contributed by atoms with Crippen LogP contribution in [0, 0.1) is 10.6 Å². The van der Waals surface area contributed by atoms with Crippen LogP contribution in [0.15, 0.2) is 48.5 Å². The highest BCUT2D eigenvalue weighted by Gasteiger charge is 2.11. The predicted octanol–water partition coefficient (Wildman–Crippen LogP) is 3.25. The Kier molecular flexibility index (Phi) is 3.41. The zero-order valence-electron chi connectivity index (χ0n) is 10.8. The number of rotatable bonds is 3. The minimum atomic E-state index is -0.472. The first-order valence-corrected chi connectivity index (χ1v) is 6.51. The highest BCUT2D eigenvalue weighted by Crippen LogP contribution is 2.28. The van der Waals surface area contributed by atoms with Crippen molar-refractivity contribution in [2.75, 3.05) is 5.84 Å². The number of ether oxygens (including phenoxy) is 1. The molecule has 0 fully saturated rings. The van der Waals surface area contributed by atoms with E-state index < -0.39 is 5.82 Å². The smallest absolute Gasteiger partial charge is 0.214 e. The van der Waals surface area contributed by atoms with Gasteiger partial charge in [0.05, 0.1) is 0 Å². The van der Waals surface area contributed by atoms with Gasteiger partial charge in [-0.2, -0.15) is 5.10 Å². The molecule has 0 aliphatic carbocycles. The lowest BCUT2D eigenvalue weighted by Crippen LogP contribution is -2.10. The van der Waals surface area contributed by atoms with E-state index in [0.29, 0.717) is 17.1 Å². The molecular formula is C14H11FN4OS. The maximum atomic E-state index is 13.9. The number of aromatic nitrogens is 3. The van der Waals surface area contributed by atoms with Crippen LogP contribution in [0.5, 0.6) is 11.5 Å². The quantitative estimate of drug-likeness (QED) is 0.575. The van der Waals surface area contributed by atoms with Gasteiger partial charge >= 0.3 is 0 Å². The van der Waals surface area contributed by atoms with E-state index in [0.717, 1.165) is 0 Å². The minimum Gasteiger partial charge on any atom is -0.454 e. The molecule has 0 bridgehead atoms. The maximum absolute atomic E-state index is 13.9. The van der Waals surface area contributed by atoms with E-state index in [2.05, 4.69) is 10.2 Å². The van der Waals surface area contributed by atoms with Gasteiger partial charge in [0.1, 0.15) is 5.75 Å². The van der Waals surface area contributed by atoms with Crippen molar-refractivity contribution in [1.29, 1.82) is 0 Å². The third-order valence-electron chi connectivity index (χ3n) is 2.86. The average Bonchev–Trinajstić information content (AvgIpc) is 2.83. The van der Waals surface area contributed by atoms with E-state index >= 15 is 0 Å². The third kappa shape index (κ3) is 2.63. The second-order valence-corrected chi connectivity index (χ2v) is 4.67. The summed E-state index contributed by atoms with van der Waals surface area (Å²) >= 11 is 4.95. The summed E-state index contributed by atoms with van der Waals surface area (Å²) in [5, 5.41) is 6.58. The molecule has 1 aromatic heterocycles. The topological polar surface area (TPSA) is 68.9 Å². The molecule has 0 aliphatic heterocycles. The van der Waals surface area contributed by atoms with E-state index in [9.17, 15) is 4.39 Å². The zero-order chi connectivity index (χ0) is 14.8. The number of nitrogens with one attached hydrogen (secondary N) is 1. The predicted molar refractivity (Wildman–Crippen MR) is 79.5 cm³/mol. The summed E-state index contributed by atoms with van der Waals surface area (Å²) in [4.78, 5) is 0. The molecule has 0 saturated heterocycles. The van der Waals surface area contributed by atoms with Crippen molar-refractivity contribution < 1.29 is 9.13 Å². The van der Waals surface area contributed by atoms with Crippen molar-refractivity contribution >= 4 is 12.2 Å². The first-order valence-electron chi connectivity index (χ1n) is 6.10. The van der Waals surface area contributed by atoms with Crippen LogP contribution in [0.4, 0.5) is 4.39 Å². The Morgan fingerprint density at radius 1 is 1.19 bits per heavy atom. The highest BCUT2D eigenvalue weighted by molar-refractivity contribution is 7.71. The summed E-state index contributed by atoms with van der Waals surface area (Å²) in [6.07, 6.45) is 0. The molecule has 0 spiro atoms. The zero-order valence-corrected chi connectivity index (χ0v) is 11.6. The lowest BCUT2D eigenvalue weighted by Gasteiger charge is -2.08. The standard InChI is InChI=1S/C14H11FN4OS/c15-11-7-6-9(13-17-18-14(21)19(13)16)8-12(11)20-10-4-2-1-3-5-10/h1-8H,16H2,(H,18,21). The van der Waals surface area contributed by atoms with E-state index in [1.165, 1.54) is 16.8 Å². The van der Waals surface area contributed by atoms with Gasteiger partial charge in [-0.25, -0.2) is 14.2 Å². The second kappa shape index (κ2) is 5.37. The van der Waals surface area contributed by atoms with Crippen molar-refractivity contribution in [3.63, 3.8) is 0 Å². The fourth-order valence-electron chi connectivity index (χ4n) is 1.84. The Bertz CT molecular complexity index is 828. The summed E-state index contributed by atoms with van der Waals surface area (Å²) in [5.74, 6) is 6.32. The van der Waals surface area contributed by atoms with Crippen LogP contribution in [0.2, 0.25) is 0 Å². The van der Waals surface area contributed by atoms with Crippen molar-refractivity contribution in [2.45, 2.75) is 0 Å². The number of nitrogen functional groups attached to an aromatic ring is 1. The SMILES string of the molecule is Nn1c(-c2ccc(F)c(Oc3ccccc3)c2)n[nH]c1=S. The molecule has 5 nitrogen and oxygen atoms in total. The number of halogens is 1. The Labute approximate surface area is 124 Å². The van der Waals surface area contributed by atoms with Crippen molar-refractivity contribution in [1.82, 2.24) is 14.9 Å². The van der Waals surface area contributed by atoms with Crippen molar-refractivity contribution in [3.8, 4) is 22.9 Å². The van der Waals surface area contributed by atoms with Crippen LogP contribution in [-0.4, -0.2) is 14.9 Å². The molecule has 0 aliphatic rings. The molecule has 0 unspecified atom stereocenters. The van der Waals surface area contributed by atoms with Crippen molar-refractivity contribution in [3.05, 3.63) is 59.1 Å². The number of hydrogen-bond donors (Lipinski definition) is 2. The highest BCUT2D eigenvalue weighted by atomic mass is 32.1. The van der Waals surface area contributed by atoms with E-state index in [4.69, 9.17) is 22.8 Å². The second-order valence-electron chi connectivity index (χ2n) is 4.28. The van der Waals surface area contributed by atoms with Crippen LogP contribution in [-0.2, 0) is 0 Å².